The number of ether oxygens (including phenoxy) is 3. The van der Waals surface area contributed by atoms with Crippen molar-refractivity contribution in [1.29, 1.82) is 0 Å². The van der Waals surface area contributed by atoms with Gasteiger partial charge in [-0.2, -0.15) is 0 Å². The van der Waals surface area contributed by atoms with Gasteiger partial charge in [-0.15, -0.1) is 34.0 Å². The van der Waals surface area contributed by atoms with Gasteiger partial charge in [0.15, 0.2) is 0 Å². The van der Waals surface area contributed by atoms with Crippen molar-refractivity contribution >= 4 is 135 Å². The fraction of sp³-hybridized carbons (Fsp3) is 0.328. The molecule has 0 unspecified atom stereocenters. The van der Waals surface area contributed by atoms with Crippen molar-refractivity contribution in [2.75, 3.05) is 56.9 Å². The number of carbonyl (C=O) groups excluding carboxylic acids is 9. The third-order valence-corrected chi connectivity index (χ3v) is 19.6. The van der Waals surface area contributed by atoms with Crippen LogP contribution >= 0.6 is 34.0 Å². The number of pyridine rings is 3. The second kappa shape index (κ2) is 31.6. The fourth-order valence-corrected chi connectivity index (χ4v) is 14.1. The van der Waals surface area contributed by atoms with Crippen molar-refractivity contribution in [2.24, 2.45) is 35.0 Å². The number of methoxy groups -OCH3 is 3. The van der Waals surface area contributed by atoms with Crippen molar-refractivity contribution in [3.05, 3.63) is 160 Å². The Morgan fingerprint density at radius 3 is 0.938 bits per heavy atom. The highest BCUT2D eigenvalue weighted by Crippen LogP contribution is 2.40. The average Bonchev–Trinajstić information content (AvgIpc) is 1.73. The van der Waals surface area contributed by atoms with Gasteiger partial charge in [-0.25, -0.2) is 15.0 Å². The summed E-state index contributed by atoms with van der Waals surface area (Å²) in [6.07, 6.45) is 9.48. The number of piperidine rings is 3. The van der Waals surface area contributed by atoms with Gasteiger partial charge in [0.25, 0.3) is 0 Å². The minimum Gasteiger partial charge on any atom is -0.381 e. The van der Waals surface area contributed by atoms with E-state index in [1.54, 1.807) is 86.6 Å². The van der Waals surface area contributed by atoms with E-state index in [1.165, 1.54) is 55.4 Å². The zero-order chi connectivity index (χ0) is 68.5. The minimum atomic E-state index is -0.809. The van der Waals surface area contributed by atoms with Crippen molar-refractivity contribution in [3.8, 4) is 0 Å². The molecule has 506 valence electrons. The number of likely N-dealkylation sites (tertiary alicyclic amines) is 3. The Morgan fingerprint density at radius 2 is 0.691 bits per heavy atom. The standard InChI is InChI=1S/3C22H23N5O4S.CH4/c3*1-12-10-27(22(30)21(29)26-15-5-14(20(23)28)8-24-9-15)17(7-18(12)31-2)13-3-4-19-16(6-13)25-11-32-19;/h3*3-6,8-9,11-12,17-18H,7,10H2,1-2H3,(H2,23,28)(H,26,29);1H4/t3*12-,17-,18+;/m100./s1. The summed E-state index contributed by atoms with van der Waals surface area (Å²) in [6.45, 7) is 7.07. The summed E-state index contributed by atoms with van der Waals surface area (Å²) in [5.74, 6) is -6.29. The molecule has 0 saturated carbocycles. The minimum absolute atomic E-state index is 0. The smallest absolute Gasteiger partial charge is 0.313 e. The van der Waals surface area contributed by atoms with Gasteiger partial charge in [-0.3, -0.25) is 58.1 Å². The highest BCUT2D eigenvalue weighted by atomic mass is 32.1. The normalized spacial score (nSPS) is 20.6. The molecular formula is C67H73N15O12S3. The number of nitrogens with zero attached hydrogens (tertiary/aromatic N) is 9. The first-order chi connectivity index (χ1) is 46.1. The number of primary amides is 3. The number of fused-ring (bicyclic) bond motifs is 3. The Balaban J connectivity index is 0.000000170. The van der Waals surface area contributed by atoms with E-state index in [9.17, 15) is 43.2 Å². The molecule has 9 atom stereocenters. The molecule has 12 rings (SSSR count). The molecule has 0 spiro atoms. The van der Waals surface area contributed by atoms with Crippen LogP contribution in [0.25, 0.3) is 30.6 Å². The third-order valence-electron chi connectivity index (χ3n) is 17.2. The summed E-state index contributed by atoms with van der Waals surface area (Å²) in [7, 11) is 4.97. The van der Waals surface area contributed by atoms with Gasteiger partial charge in [-0.1, -0.05) is 46.4 Å². The molecule has 3 aliphatic rings. The van der Waals surface area contributed by atoms with E-state index < -0.39 is 53.2 Å². The second-order valence-corrected chi connectivity index (χ2v) is 26.1. The Morgan fingerprint density at radius 1 is 0.423 bits per heavy atom. The number of nitrogens with one attached hydrogen (secondary N) is 3. The van der Waals surface area contributed by atoms with Crippen molar-refractivity contribution < 1.29 is 57.4 Å². The lowest BCUT2D eigenvalue weighted by atomic mass is 9.87. The zero-order valence-electron chi connectivity index (χ0n) is 52.9. The molecule has 6 aromatic heterocycles. The first-order valence-corrected chi connectivity index (χ1v) is 32.9. The lowest BCUT2D eigenvalue weighted by Crippen LogP contribution is -2.50. The molecule has 0 aliphatic carbocycles. The maximum absolute atomic E-state index is 13.2. The summed E-state index contributed by atoms with van der Waals surface area (Å²) in [5.41, 5.74) is 27.5. The lowest BCUT2D eigenvalue weighted by molar-refractivity contribution is -0.149. The number of hydrogen-bond donors (Lipinski definition) is 6. The largest absolute Gasteiger partial charge is 0.381 e. The van der Waals surface area contributed by atoms with E-state index in [1.807, 2.05) is 75.4 Å². The monoisotopic (exact) mass is 1380 g/mol. The predicted molar refractivity (Wildman–Crippen MR) is 367 cm³/mol. The Hall–Kier alpha value is -10.1. The van der Waals surface area contributed by atoms with Gasteiger partial charge in [-0.05, 0) is 90.6 Å². The molecule has 9 heterocycles. The quantitative estimate of drug-likeness (QED) is 0.0638. The second-order valence-electron chi connectivity index (χ2n) is 23.5. The average molecular weight is 1380 g/mol. The maximum Gasteiger partial charge on any atom is 0.313 e. The number of benzene rings is 3. The van der Waals surface area contributed by atoms with Gasteiger partial charge in [0.05, 0.1) is 136 Å². The fourth-order valence-electron chi connectivity index (χ4n) is 12.1. The van der Waals surface area contributed by atoms with Gasteiger partial charge in [0.2, 0.25) is 17.7 Å². The Bertz CT molecular complexity index is 3980. The number of rotatable bonds is 12. The van der Waals surface area contributed by atoms with Crippen LogP contribution in [0.2, 0.25) is 0 Å². The molecule has 27 nitrogen and oxygen atoms in total. The molecule has 3 aromatic carbocycles. The van der Waals surface area contributed by atoms with Gasteiger partial charge in [0.1, 0.15) is 0 Å². The molecule has 9 amide bonds. The lowest BCUT2D eigenvalue weighted by Gasteiger charge is -2.42. The van der Waals surface area contributed by atoms with E-state index in [4.69, 9.17) is 31.4 Å². The molecule has 9 aromatic rings. The molecule has 3 aliphatic heterocycles. The van der Waals surface area contributed by atoms with Gasteiger partial charge < -0.3 is 62.1 Å². The van der Waals surface area contributed by atoms with Crippen molar-refractivity contribution in [3.63, 3.8) is 0 Å². The molecule has 3 fully saturated rings. The molecule has 0 bridgehead atoms. The SMILES string of the molecule is C.CO[C@@H]1C[C@@H](c2ccc3scnc3c2)N(C(=O)C(=O)Nc2cncc(C(N)=O)c2)C[C@@H]1C.CO[C@@H]1C[C@@H](c2ccc3scnc3c2)N(C(=O)C(=O)Nc2cncc(C(N)=O)c2)C[C@@H]1C.CO[C@H]1C[C@H](c2ccc3scnc3c2)N(C(=O)C(=O)Nc2cncc(C(N)=O)c2)C[C@H]1C. The van der Waals surface area contributed by atoms with Crippen LogP contribution in [0.4, 0.5) is 17.1 Å². The summed E-state index contributed by atoms with van der Waals surface area (Å²) in [6, 6.07) is 20.8. The number of hydrogen-bond acceptors (Lipinski definition) is 21. The van der Waals surface area contributed by atoms with Crippen LogP contribution < -0.4 is 33.2 Å². The van der Waals surface area contributed by atoms with Crippen LogP contribution in [-0.4, -0.2) is 157 Å². The van der Waals surface area contributed by atoms with Gasteiger partial charge in [0, 0.05) is 77.3 Å². The van der Waals surface area contributed by atoms with Crippen molar-refractivity contribution in [1.82, 2.24) is 44.6 Å². The molecule has 9 N–H and O–H groups in total. The number of carbonyl (C=O) groups is 9. The summed E-state index contributed by atoms with van der Waals surface area (Å²) >= 11 is 4.64. The van der Waals surface area contributed by atoms with E-state index in [2.05, 4.69) is 45.9 Å². The zero-order valence-corrected chi connectivity index (χ0v) is 55.4. The maximum atomic E-state index is 13.2. The first kappa shape index (κ1) is 71.2. The van der Waals surface area contributed by atoms with E-state index in [0.29, 0.717) is 38.9 Å². The van der Waals surface area contributed by atoms with Gasteiger partial charge >= 0.3 is 35.4 Å². The Labute approximate surface area is 569 Å². The Kier molecular flexibility index (Phi) is 23.2. The van der Waals surface area contributed by atoms with E-state index in [-0.39, 0.29) is 95.4 Å². The first-order valence-electron chi connectivity index (χ1n) is 30.3. The molecule has 3 saturated heterocycles. The number of nitrogens with two attached hydrogens (primary N) is 3. The number of thiazole rings is 3. The topological polar surface area (TPSA) is 383 Å². The number of anilines is 3. The highest BCUT2D eigenvalue weighted by molar-refractivity contribution is 7.17. The predicted octanol–water partition coefficient (Wildman–Crippen LogP) is 7.70. The van der Waals surface area contributed by atoms with E-state index in [0.717, 1.165) is 47.3 Å². The summed E-state index contributed by atoms with van der Waals surface area (Å²) in [5, 5.41) is 7.59. The summed E-state index contributed by atoms with van der Waals surface area (Å²) < 4.78 is 20.1. The van der Waals surface area contributed by atoms with Crippen LogP contribution in [-0.2, 0) is 43.0 Å². The van der Waals surface area contributed by atoms with E-state index >= 15 is 0 Å². The van der Waals surface area contributed by atoms with Crippen LogP contribution in [0.15, 0.2) is 127 Å². The van der Waals surface area contributed by atoms with Crippen LogP contribution in [0.1, 0.15) is 113 Å². The van der Waals surface area contributed by atoms with Crippen LogP contribution in [0, 0.1) is 17.8 Å². The third kappa shape index (κ3) is 16.6. The van der Waals surface area contributed by atoms with Crippen LogP contribution in [0.5, 0.6) is 0 Å². The van der Waals surface area contributed by atoms with Crippen LogP contribution in [0.3, 0.4) is 0 Å². The number of amides is 9. The molecule has 30 heteroatoms. The van der Waals surface area contributed by atoms with Crippen molar-refractivity contribution in [2.45, 2.75) is 83.9 Å². The number of aromatic nitrogens is 6. The molecule has 97 heavy (non-hydrogen) atoms. The highest BCUT2D eigenvalue weighted by Gasteiger charge is 2.42. The molecular weight excluding hydrogens is 1300 g/mol. The summed E-state index contributed by atoms with van der Waals surface area (Å²) in [4.78, 5) is 142. The molecule has 0 radical (unpaired) electrons.